The summed E-state index contributed by atoms with van der Waals surface area (Å²) in [6.45, 7) is 0. The van der Waals surface area contributed by atoms with Crippen molar-refractivity contribution in [1.29, 1.82) is 0 Å². The van der Waals surface area contributed by atoms with Gasteiger partial charge in [0.25, 0.3) is 0 Å². The molecule has 2 aromatic heterocycles. The van der Waals surface area contributed by atoms with Crippen molar-refractivity contribution >= 4 is 81.1 Å². The van der Waals surface area contributed by atoms with Gasteiger partial charge in [0, 0.05) is 59.1 Å². The van der Waals surface area contributed by atoms with Gasteiger partial charge < -0.3 is 9.47 Å². The summed E-state index contributed by atoms with van der Waals surface area (Å²) in [4.78, 5) is 2.41. The molecule has 0 saturated heterocycles. The Kier molecular flexibility index (Phi) is 6.39. The number of anilines is 3. The molecule has 49 heavy (non-hydrogen) atoms. The molecule has 0 aliphatic carbocycles. The van der Waals surface area contributed by atoms with E-state index in [9.17, 15) is 0 Å². The molecule has 0 amide bonds. The number of thiophene rings is 1. The van der Waals surface area contributed by atoms with Crippen LogP contribution < -0.4 is 4.90 Å². The summed E-state index contributed by atoms with van der Waals surface area (Å²) in [5.41, 5.74) is 9.41. The molecule has 2 nitrogen and oxygen atoms in total. The Hall–Kier alpha value is -6.16. The monoisotopic (exact) mass is 642 g/mol. The first-order chi connectivity index (χ1) is 24.3. The number of aromatic nitrogens is 1. The van der Waals surface area contributed by atoms with Crippen molar-refractivity contribution in [2.24, 2.45) is 0 Å². The highest BCUT2D eigenvalue weighted by atomic mass is 32.1. The molecule has 10 rings (SSSR count). The maximum atomic E-state index is 2.43. The summed E-state index contributed by atoms with van der Waals surface area (Å²) in [7, 11) is 0. The van der Waals surface area contributed by atoms with Gasteiger partial charge in [-0.3, -0.25) is 0 Å². The number of nitrogens with zero attached hydrogens (tertiary/aromatic N) is 2. The van der Waals surface area contributed by atoms with Crippen molar-refractivity contribution in [3.63, 3.8) is 0 Å². The van der Waals surface area contributed by atoms with Gasteiger partial charge in [-0.15, -0.1) is 11.3 Å². The molecule has 0 bridgehead atoms. The number of rotatable bonds is 5. The standard InChI is InChI=1S/C46H30N2S/c1-3-11-31(12-4-1)32-19-22-35(23-20-32)47(37-24-27-40-39-17-9-10-18-44(39)49-45(40)30-37)36-25-28-43-42(29-36)41-26-21-33-13-7-8-16-38(33)46(41)48(43)34-14-5-2-6-15-34/h1-30H. The van der Waals surface area contributed by atoms with E-state index in [1.54, 1.807) is 0 Å². The van der Waals surface area contributed by atoms with Crippen LogP contribution in [0, 0.1) is 0 Å². The van der Waals surface area contributed by atoms with Crippen LogP contribution in [0.4, 0.5) is 17.1 Å². The van der Waals surface area contributed by atoms with E-state index in [4.69, 9.17) is 0 Å². The topological polar surface area (TPSA) is 8.17 Å². The molecule has 0 radical (unpaired) electrons. The fourth-order valence-corrected chi connectivity index (χ4v) is 8.63. The van der Waals surface area contributed by atoms with E-state index in [0.717, 1.165) is 22.7 Å². The Balaban J connectivity index is 1.21. The Labute approximate surface area is 288 Å². The molecule has 0 atom stereocenters. The molecule has 0 N–H and O–H groups in total. The first-order valence-corrected chi connectivity index (χ1v) is 17.5. The molecule has 0 spiro atoms. The van der Waals surface area contributed by atoms with E-state index in [1.807, 2.05) is 11.3 Å². The average molecular weight is 643 g/mol. The molecule has 2 heterocycles. The van der Waals surface area contributed by atoms with Crippen molar-refractivity contribution in [1.82, 2.24) is 4.57 Å². The van der Waals surface area contributed by atoms with E-state index >= 15 is 0 Å². The molecule has 0 unspecified atom stereocenters. The number of para-hydroxylation sites is 1. The molecule has 0 aliphatic rings. The van der Waals surface area contributed by atoms with Crippen LogP contribution in [0.5, 0.6) is 0 Å². The van der Waals surface area contributed by atoms with E-state index < -0.39 is 0 Å². The fraction of sp³-hybridized carbons (Fsp3) is 0. The smallest absolute Gasteiger partial charge is 0.0619 e. The Morgan fingerprint density at radius 2 is 1.00 bits per heavy atom. The van der Waals surface area contributed by atoms with Gasteiger partial charge in [-0.1, -0.05) is 121 Å². The van der Waals surface area contributed by atoms with Crippen LogP contribution in [0.25, 0.3) is 69.6 Å². The largest absolute Gasteiger partial charge is 0.310 e. The lowest BCUT2D eigenvalue weighted by Crippen LogP contribution is -2.09. The zero-order valence-electron chi connectivity index (χ0n) is 26.6. The first kappa shape index (κ1) is 27.9. The lowest BCUT2D eigenvalue weighted by molar-refractivity contribution is 1.18. The van der Waals surface area contributed by atoms with Crippen molar-refractivity contribution < 1.29 is 0 Å². The Morgan fingerprint density at radius 3 is 1.84 bits per heavy atom. The second kappa shape index (κ2) is 11.2. The molecule has 230 valence electrons. The molecular formula is C46H30N2S. The summed E-state index contributed by atoms with van der Waals surface area (Å²) >= 11 is 1.86. The van der Waals surface area contributed by atoms with E-state index in [-0.39, 0.29) is 0 Å². The van der Waals surface area contributed by atoms with Gasteiger partial charge in [-0.05, 0) is 77.2 Å². The predicted octanol–water partition coefficient (Wildman–Crippen LogP) is 13.4. The van der Waals surface area contributed by atoms with Crippen LogP contribution in [0.15, 0.2) is 182 Å². The van der Waals surface area contributed by atoms with Crippen molar-refractivity contribution in [2.75, 3.05) is 4.90 Å². The second-order valence-corrected chi connectivity index (χ2v) is 13.7. The molecular weight excluding hydrogens is 613 g/mol. The fourth-order valence-electron chi connectivity index (χ4n) is 7.49. The number of benzene rings is 8. The van der Waals surface area contributed by atoms with Crippen LogP contribution in [0.2, 0.25) is 0 Å². The molecule has 8 aromatic carbocycles. The molecule has 0 saturated carbocycles. The predicted molar refractivity (Wildman–Crippen MR) is 211 cm³/mol. The third-order valence-electron chi connectivity index (χ3n) is 9.76. The van der Waals surface area contributed by atoms with Crippen LogP contribution in [0.3, 0.4) is 0 Å². The average Bonchev–Trinajstić information content (AvgIpc) is 3.71. The van der Waals surface area contributed by atoms with Crippen molar-refractivity contribution in [2.45, 2.75) is 0 Å². The van der Waals surface area contributed by atoms with E-state index in [1.165, 1.54) is 63.9 Å². The zero-order valence-corrected chi connectivity index (χ0v) is 27.4. The van der Waals surface area contributed by atoms with Crippen LogP contribution in [-0.4, -0.2) is 4.57 Å². The highest BCUT2D eigenvalue weighted by Crippen LogP contribution is 2.44. The third kappa shape index (κ3) is 4.55. The molecule has 3 heteroatoms. The minimum absolute atomic E-state index is 1.12. The summed E-state index contributed by atoms with van der Waals surface area (Å²) in [5, 5.41) is 7.60. The molecule has 0 fully saturated rings. The Bertz CT molecular complexity index is 2810. The second-order valence-electron chi connectivity index (χ2n) is 12.6. The van der Waals surface area contributed by atoms with Crippen molar-refractivity contribution in [3.05, 3.63) is 182 Å². The molecule has 10 aromatic rings. The summed E-state index contributed by atoms with van der Waals surface area (Å²) in [6, 6.07) is 66.2. The quantitative estimate of drug-likeness (QED) is 0.181. The first-order valence-electron chi connectivity index (χ1n) is 16.7. The maximum Gasteiger partial charge on any atom is 0.0619 e. The van der Waals surface area contributed by atoms with Gasteiger partial charge in [0.05, 0.1) is 11.0 Å². The van der Waals surface area contributed by atoms with Gasteiger partial charge in [-0.25, -0.2) is 0 Å². The van der Waals surface area contributed by atoms with Crippen LogP contribution in [0.1, 0.15) is 0 Å². The van der Waals surface area contributed by atoms with Gasteiger partial charge in [0.15, 0.2) is 0 Å². The minimum Gasteiger partial charge on any atom is -0.310 e. The minimum atomic E-state index is 1.12. The summed E-state index contributed by atoms with van der Waals surface area (Å²) in [5.74, 6) is 0. The number of fused-ring (bicyclic) bond motifs is 8. The zero-order chi connectivity index (χ0) is 32.3. The third-order valence-corrected chi connectivity index (χ3v) is 10.9. The van der Waals surface area contributed by atoms with Gasteiger partial charge in [0.1, 0.15) is 0 Å². The number of hydrogen-bond acceptors (Lipinski definition) is 2. The van der Waals surface area contributed by atoms with Crippen LogP contribution in [-0.2, 0) is 0 Å². The SMILES string of the molecule is c1ccc(-c2ccc(N(c3ccc4c(c3)sc3ccccc34)c3ccc4c(c3)c3ccc5ccccc5c3n4-c3ccccc3)cc2)cc1. The highest BCUT2D eigenvalue weighted by Gasteiger charge is 2.19. The lowest BCUT2D eigenvalue weighted by Gasteiger charge is -2.26. The van der Waals surface area contributed by atoms with Gasteiger partial charge in [0.2, 0.25) is 0 Å². The highest BCUT2D eigenvalue weighted by molar-refractivity contribution is 7.25. The normalized spacial score (nSPS) is 11.7. The summed E-state index contributed by atoms with van der Waals surface area (Å²) in [6.07, 6.45) is 0. The van der Waals surface area contributed by atoms with Gasteiger partial charge >= 0.3 is 0 Å². The van der Waals surface area contributed by atoms with Gasteiger partial charge in [-0.2, -0.15) is 0 Å². The Morgan fingerprint density at radius 1 is 0.388 bits per heavy atom. The molecule has 0 aliphatic heterocycles. The number of hydrogen-bond donors (Lipinski definition) is 0. The van der Waals surface area contributed by atoms with Crippen molar-refractivity contribution in [3.8, 4) is 16.8 Å². The van der Waals surface area contributed by atoms with E-state index in [2.05, 4.69) is 191 Å². The lowest BCUT2D eigenvalue weighted by atomic mass is 10.0. The maximum absolute atomic E-state index is 2.43. The van der Waals surface area contributed by atoms with Crippen LogP contribution >= 0.6 is 11.3 Å². The van der Waals surface area contributed by atoms with E-state index in [0.29, 0.717) is 0 Å². The summed E-state index contributed by atoms with van der Waals surface area (Å²) < 4.78 is 5.03.